The van der Waals surface area contributed by atoms with E-state index >= 15 is 0 Å². The molecule has 0 heterocycles. The van der Waals surface area contributed by atoms with Gasteiger partial charge in [-0.15, -0.1) is 0 Å². The quantitative estimate of drug-likeness (QED) is 0.594. The number of hydrogen-bond donors (Lipinski definition) is 0. The molecule has 0 saturated carbocycles. The minimum absolute atomic E-state index is 0.0310. The van der Waals surface area contributed by atoms with Gasteiger partial charge in [0, 0.05) is 18.6 Å². The molecule has 4 nitrogen and oxygen atoms in total. The average Bonchev–Trinajstić information content (AvgIpc) is 2.16. The van der Waals surface area contributed by atoms with Gasteiger partial charge in [0.05, 0.1) is 4.92 Å². The Bertz CT molecular complexity index is 428. The molecule has 1 aromatic rings. The van der Waals surface area contributed by atoms with Crippen molar-refractivity contribution >= 4 is 11.5 Å². The minimum Gasteiger partial charge on any atom is -0.289 e. The van der Waals surface area contributed by atoms with Crippen LogP contribution in [0.4, 0.5) is 18.9 Å². The summed E-state index contributed by atoms with van der Waals surface area (Å²) in [5, 5.41) is 10.3. The van der Waals surface area contributed by atoms with Crippen molar-refractivity contribution in [1.29, 1.82) is 0 Å². The number of benzene rings is 1. The Balaban J connectivity index is 2.87. The van der Waals surface area contributed by atoms with Crippen LogP contribution in [0, 0.1) is 10.1 Å². The smallest absolute Gasteiger partial charge is 0.289 e. The molecule has 1 aromatic carbocycles. The van der Waals surface area contributed by atoms with Gasteiger partial charge in [0.2, 0.25) is 5.78 Å². The maximum absolute atomic E-state index is 11.9. The summed E-state index contributed by atoms with van der Waals surface area (Å²) in [7, 11) is 0. The van der Waals surface area contributed by atoms with E-state index in [0.29, 0.717) is 0 Å². The van der Waals surface area contributed by atoms with Crippen LogP contribution in [0.3, 0.4) is 0 Å². The van der Waals surface area contributed by atoms with Crippen molar-refractivity contribution in [2.45, 2.75) is 12.6 Å². The largest absolute Gasteiger partial charge is 0.450 e. The van der Waals surface area contributed by atoms with E-state index in [4.69, 9.17) is 0 Å². The van der Waals surface area contributed by atoms with Crippen LogP contribution in [0.1, 0.15) is 5.56 Å². The fraction of sp³-hybridized carbons (Fsp3) is 0.222. The molecule has 0 spiro atoms. The monoisotopic (exact) mass is 233 g/mol. The lowest BCUT2D eigenvalue weighted by atomic mass is 10.1. The number of halogens is 3. The molecule has 0 bridgehead atoms. The zero-order chi connectivity index (χ0) is 12.3. The summed E-state index contributed by atoms with van der Waals surface area (Å²) in [4.78, 5) is 20.2. The Morgan fingerprint density at radius 3 is 2.50 bits per heavy atom. The molecule has 0 aliphatic heterocycles. The van der Waals surface area contributed by atoms with Crippen LogP contribution < -0.4 is 0 Å². The SMILES string of the molecule is O=C(Cc1cccc([N+](=O)[O-])c1)C(F)(F)F. The number of carbonyl (C=O) groups is 1. The number of non-ortho nitro benzene ring substituents is 1. The number of nitrogens with zero attached hydrogens (tertiary/aromatic N) is 1. The number of hydrogen-bond acceptors (Lipinski definition) is 3. The Morgan fingerprint density at radius 1 is 1.38 bits per heavy atom. The van der Waals surface area contributed by atoms with Gasteiger partial charge in [-0.2, -0.15) is 13.2 Å². The van der Waals surface area contributed by atoms with Crippen LogP contribution in [0.5, 0.6) is 0 Å². The van der Waals surface area contributed by atoms with Gasteiger partial charge in [-0.1, -0.05) is 12.1 Å². The molecule has 0 aliphatic rings. The lowest BCUT2D eigenvalue weighted by molar-refractivity contribution is -0.384. The molecule has 0 amide bonds. The molecule has 0 saturated heterocycles. The number of nitro benzene ring substituents is 1. The molecule has 0 fully saturated rings. The fourth-order valence-electron chi connectivity index (χ4n) is 1.07. The highest BCUT2D eigenvalue weighted by Crippen LogP contribution is 2.20. The van der Waals surface area contributed by atoms with Crippen LogP contribution in [0.25, 0.3) is 0 Å². The predicted octanol–water partition coefficient (Wildman–Crippen LogP) is 2.27. The Morgan fingerprint density at radius 2 is 2.00 bits per heavy atom. The maximum atomic E-state index is 11.9. The van der Waals surface area contributed by atoms with Crippen molar-refractivity contribution < 1.29 is 22.9 Å². The lowest BCUT2D eigenvalue weighted by Crippen LogP contribution is -2.24. The molecule has 0 atom stereocenters. The van der Waals surface area contributed by atoms with Crippen LogP contribution in [0.2, 0.25) is 0 Å². The Hall–Kier alpha value is -1.92. The minimum atomic E-state index is -4.91. The van der Waals surface area contributed by atoms with Gasteiger partial charge >= 0.3 is 6.18 Å². The molecule has 0 aromatic heterocycles. The number of carbonyl (C=O) groups excluding carboxylic acids is 1. The molecule has 7 heteroatoms. The molecular formula is C9H6F3NO3. The lowest BCUT2D eigenvalue weighted by Gasteiger charge is -2.04. The van der Waals surface area contributed by atoms with Crippen LogP contribution in [-0.2, 0) is 11.2 Å². The maximum Gasteiger partial charge on any atom is 0.450 e. The van der Waals surface area contributed by atoms with E-state index in [1.807, 2.05) is 0 Å². The van der Waals surface area contributed by atoms with Gasteiger partial charge in [0.1, 0.15) is 0 Å². The molecule has 0 N–H and O–H groups in total. The third-order valence-corrected chi connectivity index (χ3v) is 1.80. The number of ketones is 1. The van der Waals surface area contributed by atoms with Gasteiger partial charge in [0.15, 0.2) is 0 Å². The van der Waals surface area contributed by atoms with Crippen molar-refractivity contribution in [2.24, 2.45) is 0 Å². The molecule has 0 radical (unpaired) electrons. The zero-order valence-corrected chi connectivity index (χ0v) is 7.82. The average molecular weight is 233 g/mol. The second kappa shape index (κ2) is 4.30. The first-order chi connectivity index (χ1) is 7.30. The highest BCUT2D eigenvalue weighted by Gasteiger charge is 2.37. The van der Waals surface area contributed by atoms with Crippen molar-refractivity contribution in [1.82, 2.24) is 0 Å². The third-order valence-electron chi connectivity index (χ3n) is 1.80. The summed E-state index contributed by atoms with van der Waals surface area (Å²) in [6.07, 6.45) is -5.80. The Labute approximate surface area is 87.8 Å². The van der Waals surface area contributed by atoms with E-state index in [2.05, 4.69) is 0 Å². The fourth-order valence-corrected chi connectivity index (χ4v) is 1.07. The van der Waals surface area contributed by atoms with Gasteiger partial charge in [0.25, 0.3) is 5.69 Å². The zero-order valence-electron chi connectivity index (χ0n) is 7.82. The standard InChI is InChI=1S/C9H6F3NO3/c10-9(11,12)8(14)5-6-2-1-3-7(4-6)13(15)16/h1-4H,5H2. The molecule has 0 unspecified atom stereocenters. The summed E-state index contributed by atoms with van der Waals surface area (Å²) in [5.74, 6) is -1.92. The van der Waals surface area contributed by atoms with Gasteiger partial charge in [-0.05, 0) is 5.56 Å². The first-order valence-electron chi connectivity index (χ1n) is 4.14. The van der Waals surface area contributed by atoms with Crippen LogP contribution in [0.15, 0.2) is 24.3 Å². The predicted molar refractivity (Wildman–Crippen MR) is 47.9 cm³/mol. The topological polar surface area (TPSA) is 60.2 Å². The Kier molecular flexibility index (Phi) is 3.26. The van der Waals surface area contributed by atoms with Crippen LogP contribution in [-0.4, -0.2) is 16.9 Å². The molecule has 16 heavy (non-hydrogen) atoms. The first-order valence-corrected chi connectivity index (χ1v) is 4.14. The highest BCUT2D eigenvalue weighted by molar-refractivity contribution is 5.86. The second-order valence-corrected chi connectivity index (χ2v) is 3.02. The van der Waals surface area contributed by atoms with Gasteiger partial charge in [-0.25, -0.2) is 0 Å². The van der Waals surface area contributed by atoms with E-state index in [1.54, 1.807) is 0 Å². The van der Waals surface area contributed by atoms with E-state index in [1.165, 1.54) is 12.1 Å². The number of rotatable bonds is 3. The summed E-state index contributed by atoms with van der Waals surface area (Å²) in [6.45, 7) is 0. The summed E-state index contributed by atoms with van der Waals surface area (Å²) >= 11 is 0. The molecule has 1 rings (SSSR count). The summed E-state index contributed by atoms with van der Waals surface area (Å²) in [5.41, 5.74) is -0.371. The summed E-state index contributed by atoms with van der Waals surface area (Å²) < 4.78 is 35.7. The van der Waals surface area contributed by atoms with E-state index in [9.17, 15) is 28.1 Å². The van der Waals surface area contributed by atoms with E-state index < -0.39 is 23.3 Å². The number of Topliss-reactive ketones (excluding diaryl/α,β-unsaturated/α-hetero) is 1. The molecular weight excluding hydrogens is 227 g/mol. The van der Waals surface area contributed by atoms with Crippen molar-refractivity contribution in [2.75, 3.05) is 0 Å². The highest BCUT2D eigenvalue weighted by atomic mass is 19.4. The normalized spacial score (nSPS) is 11.2. The van der Waals surface area contributed by atoms with Crippen molar-refractivity contribution in [3.05, 3.63) is 39.9 Å². The summed E-state index contributed by atoms with van der Waals surface area (Å²) in [6, 6.07) is 4.55. The van der Waals surface area contributed by atoms with Gasteiger partial charge in [-0.3, -0.25) is 14.9 Å². The molecule has 86 valence electrons. The second-order valence-electron chi connectivity index (χ2n) is 3.02. The van der Waals surface area contributed by atoms with Crippen molar-refractivity contribution in [3.63, 3.8) is 0 Å². The van der Waals surface area contributed by atoms with Gasteiger partial charge < -0.3 is 0 Å². The number of alkyl halides is 3. The third kappa shape index (κ3) is 3.04. The number of nitro groups is 1. The van der Waals surface area contributed by atoms with Crippen LogP contribution >= 0.6 is 0 Å². The molecule has 0 aliphatic carbocycles. The first kappa shape index (κ1) is 12.2. The van der Waals surface area contributed by atoms with Crippen molar-refractivity contribution in [3.8, 4) is 0 Å². The van der Waals surface area contributed by atoms with E-state index in [0.717, 1.165) is 12.1 Å². The van der Waals surface area contributed by atoms with E-state index in [-0.39, 0.29) is 11.3 Å².